The van der Waals surface area contributed by atoms with E-state index in [1.165, 1.54) is 57.8 Å². The van der Waals surface area contributed by atoms with Crippen LogP contribution in [0.2, 0.25) is 0 Å². The highest BCUT2D eigenvalue weighted by atomic mass is 16.5. The molecule has 0 radical (unpaired) electrons. The number of hydrogen-bond acceptors (Lipinski definition) is 5. The second-order valence-corrected chi connectivity index (χ2v) is 6.91. The molecule has 0 aliphatic heterocycles. The van der Waals surface area contributed by atoms with Gasteiger partial charge < -0.3 is 24.8 Å². The molecule has 2 N–H and O–H groups in total. The first kappa shape index (κ1) is 26.3. The first-order chi connectivity index (χ1) is 13.3. The van der Waals surface area contributed by atoms with E-state index < -0.39 is 0 Å². The summed E-state index contributed by atoms with van der Waals surface area (Å²) >= 11 is 0. The fourth-order valence-electron chi connectivity index (χ4n) is 2.67. The summed E-state index contributed by atoms with van der Waals surface area (Å²) in [5, 5.41) is 5.92. The zero-order valence-corrected chi connectivity index (χ0v) is 17.9. The molecule has 0 heterocycles. The first-order valence-corrected chi connectivity index (χ1v) is 11.0. The van der Waals surface area contributed by atoms with Gasteiger partial charge in [0, 0.05) is 13.1 Å². The third-order valence-corrected chi connectivity index (χ3v) is 4.33. The Balaban J connectivity index is 3.13. The average molecular weight is 389 g/mol. The van der Waals surface area contributed by atoms with Crippen LogP contribution in [0.1, 0.15) is 71.1 Å². The standard InChI is InChI=1S/C21H44N2O4/c1-3-4-5-6-7-8-9-10-11-12-13-23-21(24)20-27-19-18-26-17-16-25-15-14-22-2/h22H,3-20H2,1-2H3,(H,23,24). The fourth-order valence-corrected chi connectivity index (χ4v) is 2.67. The Kier molecular flexibility index (Phi) is 22.8. The third-order valence-electron chi connectivity index (χ3n) is 4.33. The summed E-state index contributed by atoms with van der Waals surface area (Å²) in [7, 11) is 1.89. The lowest BCUT2D eigenvalue weighted by atomic mass is 10.1. The van der Waals surface area contributed by atoms with E-state index in [9.17, 15) is 4.79 Å². The van der Waals surface area contributed by atoms with Crippen LogP contribution in [0.25, 0.3) is 0 Å². The predicted octanol–water partition coefficient (Wildman–Crippen LogP) is 3.29. The van der Waals surface area contributed by atoms with E-state index >= 15 is 0 Å². The zero-order chi connectivity index (χ0) is 19.8. The van der Waals surface area contributed by atoms with Crippen LogP contribution in [0.3, 0.4) is 0 Å². The van der Waals surface area contributed by atoms with Gasteiger partial charge in [-0.3, -0.25) is 4.79 Å². The van der Waals surface area contributed by atoms with Gasteiger partial charge in [0.25, 0.3) is 0 Å². The van der Waals surface area contributed by atoms with Crippen molar-refractivity contribution in [3.8, 4) is 0 Å². The maximum Gasteiger partial charge on any atom is 0.245 e. The van der Waals surface area contributed by atoms with Gasteiger partial charge in [0.05, 0.1) is 33.0 Å². The van der Waals surface area contributed by atoms with Crippen LogP contribution < -0.4 is 10.6 Å². The molecule has 0 saturated heterocycles. The van der Waals surface area contributed by atoms with Crippen molar-refractivity contribution < 1.29 is 19.0 Å². The molecule has 0 aromatic rings. The summed E-state index contributed by atoms with van der Waals surface area (Å²) in [5.74, 6) is -0.0404. The number of unbranched alkanes of at least 4 members (excludes halogenated alkanes) is 9. The minimum absolute atomic E-state index is 0.0404. The minimum atomic E-state index is -0.0404. The number of rotatable bonds is 22. The summed E-state index contributed by atoms with van der Waals surface area (Å²) in [4.78, 5) is 11.6. The van der Waals surface area contributed by atoms with Gasteiger partial charge in [0.15, 0.2) is 0 Å². The van der Waals surface area contributed by atoms with Crippen molar-refractivity contribution in [2.24, 2.45) is 0 Å². The lowest BCUT2D eigenvalue weighted by Crippen LogP contribution is -2.29. The van der Waals surface area contributed by atoms with Crippen LogP contribution in [0.4, 0.5) is 0 Å². The molecule has 0 saturated carbocycles. The highest BCUT2D eigenvalue weighted by molar-refractivity contribution is 5.77. The Hall–Kier alpha value is -0.690. The van der Waals surface area contributed by atoms with Crippen molar-refractivity contribution in [1.29, 1.82) is 0 Å². The van der Waals surface area contributed by atoms with Crippen molar-refractivity contribution in [2.75, 3.05) is 59.8 Å². The van der Waals surface area contributed by atoms with Gasteiger partial charge in [-0.25, -0.2) is 0 Å². The summed E-state index contributed by atoms with van der Waals surface area (Å²) in [6.45, 7) is 6.71. The zero-order valence-electron chi connectivity index (χ0n) is 17.9. The Morgan fingerprint density at radius 2 is 1.19 bits per heavy atom. The summed E-state index contributed by atoms with van der Waals surface area (Å²) in [6.07, 6.45) is 13.1. The third kappa shape index (κ3) is 23.3. The van der Waals surface area contributed by atoms with E-state index in [4.69, 9.17) is 14.2 Å². The molecular formula is C21H44N2O4. The molecule has 0 fully saturated rings. The van der Waals surface area contributed by atoms with E-state index in [0.29, 0.717) is 33.0 Å². The van der Waals surface area contributed by atoms with E-state index in [1.54, 1.807) is 0 Å². The number of ether oxygens (including phenoxy) is 3. The molecule has 0 aromatic heterocycles. The summed E-state index contributed by atoms with van der Waals surface area (Å²) in [6, 6.07) is 0. The minimum Gasteiger partial charge on any atom is -0.378 e. The highest BCUT2D eigenvalue weighted by Gasteiger charge is 2.00. The second kappa shape index (κ2) is 23.3. The molecule has 0 unspecified atom stereocenters. The molecule has 0 rings (SSSR count). The van der Waals surface area contributed by atoms with E-state index in [1.807, 2.05) is 7.05 Å². The Morgan fingerprint density at radius 1 is 0.667 bits per heavy atom. The van der Waals surface area contributed by atoms with Crippen LogP contribution in [0.5, 0.6) is 0 Å². The SMILES string of the molecule is CCCCCCCCCCCCNC(=O)COCCOCCOCCNC. The van der Waals surface area contributed by atoms with Crippen LogP contribution in [0, 0.1) is 0 Å². The van der Waals surface area contributed by atoms with E-state index in [-0.39, 0.29) is 12.5 Å². The maximum atomic E-state index is 11.6. The highest BCUT2D eigenvalue weighted by Crippen LogP contribution is 2.10. The van der Waals surface area contributed by atoms with Crippen LogP contribution >= 0.6 is 0 Å². The average Bonchev–Trinajstić information content (AvgIpc) is 2.67. The van der Waals surface area contributed by atoms with Crippen LogP contribution in [-0.4, -0.2) is 65.7 Å². The molecule has 0 spiro atoms. The largest absolute Gasteiger partial charge is 0.378 e. The van der Waals surface area contributed by atoms with Crippen molar-refractivity contribution in [2.45, 2.75) is 71.1 Å². The summed E-state index contributed by atoms with van der Waals surface area (Å²) < 4.78 is 16.0. The lowest BCUT2D eigenvalue weighted by Gasteiger charge is -2.08. The monoisotopic (exact) mass is 388 g/mol. The van der Waals surface area contributed by atoms with E-state index in [2.05, 4.69) is 17.6 Å². The second-order valence-electron chi connectivity index (χ2n) is 6.91. The van der Waals surface area contributed by atoms with Gasteiger partial charge in [0.1, 0.15) is 6.61 Å². The number of carbonyl (C=O) groups excluding carboxylic acids is 1. The van der Waals surface area contributed by atoms with Crippen LogP contribution in [-0.2, 0) is 19.0 Å². The summed E-state index contributed by atoms with van der Waals surface area (Å²) in [5.41, 5.74) is 0. The number of carbonyl (C=O) groups is 1. The van der Waals surface area contributed by atoms with Gasteiger partial charge in [-0.1, -0.05) is 64.7 Å². The Bertz CT molecular complexity index is 304. The number of amides is 1. The van der Waals surface area contributed by atoms with Gasteiger partial charge >= 0.3 is 0 Å². The van der Waals surface area contributed by atoms with Crippen molar-refractivity contribution in [3.63, 3.8) is 0 Å². The number of likely N-dealkylation sites (N-methyl/N-ethyl adjacent to an activating group) is 1. The van der Waals surface area contributed by atoms with Crippen molar-refractivity contribution in [3.05, 3.63) is 0 Å². The number of nitrogens with one attached hydrogen (secondary N) is 2. The molecule has 0 atom stereocenters. The Morgan fingerprint density at radius 3 is 1.78 bits per heavy atom. The Labute approximate surface area is 167 Å². The predicted molar refractivity (Wildman–Crippen MR) is 111 cm³/mol. The quantitative estimate of drug-likeness (QED) is 0.279. The normalized spacial score (nSPS) is 11.0. The molecule has 162 valence electrons. The molecule has 0 aromatic carbocycles. The van der Waals surface area contributed by atoms with Gasteiger partial charge in [-0.05, 0) is 13.5 Å². The molecule has 6 nitrogen and oxygen atoms in total. The van der Waals surface area contributed by atoms with Crippen LogP contribution in [0.15, 0.2) is 0 Å². The maximum absolute atomic E-state index is 11.6. The van der Waals surface area contributed by atoms with E-state index in [0.717, 1.165) is 19.5 Å². The van der Waals surface area contributed by atoms with Gasteiger partial charge in [-0.2, -0.15) is 0 Å². The van der Waals surface area contributed by atoms with Crippen molar-refractivity contribution >= 4 is 5.91 Å². The van der Waals surface area contributed by atoms with Gasteiger partial charge in [-0.15, -0.1) is 0 Å². The topological polar surface area (TPSA) is 68.8 Å². The van der Waals surface area contributed by atoms with Crippen molar-refractivity contribution in [1.82, 2.24) is 10.6 Å². The molecule has 1 amide bonds. The molecular weight excluding hydrogens is 344 g/mol. The first-order valence-electron chi connectivity index (χ1n) is 11.0. The number of hydrogen-bond donors (Lipinski definition) is 2. The van der Waals surface area contributed by atoms with Gasteiger partial charge in [0.2, 0.25) is 5.91 Å². The molecule has 6 heteroatoms. The molecule has 0 aliphatic rings. The molecule has 0 bridgehead atoms. The lowest BCUT2D eigenvalue weighted by molar-refractivity contribution is -0.126. The molecule has 0 aliphatic carbocycles. The smallest absolute Gasteiger partial charge is 0.245 e. The molecule has 27 heavy (non-hydrogen) atoms. The fraction of sp³-hybridized carbons (Fsp3) is 0.952.